The van der Waals surface area contributed by atoms with Crippen LogP contribution in [0.3, 0.4) is 0 Å². The fourth-order valence-electron chi connectivity index (χ4n) is 3.18. The van der Waals surface area contributed by atoms with Gasteiger partial charge in [0.05, 0.1) is 7.11 Å². The van der Waals surface area contributed by atoms with Crippen LogP contribution in [0, 0.1) is 11.8 Å². The standard InChI is InChI=1S/C28H28O5/c1-20(29)26-25(33-19-22-13-9-6-10-14-22)17-24(32-18-21-11-7-5-8-12-21)23(27(26)31-4)15-16-28(2,3)30/h5-14,17,30H,18-19H2,1-4H3. The zero-order valence-electron chi connectivity index (χ0n) is 19.3. The number of Topliss-reactive ketones (excluding diaryl/α,β-unsaturated/α-hetero) is 1. The molecule has 5 nitrogen and oxygen atoms in total. The highest BCUT2D eigenvalue weighted by Gasteiger charge is 2.24. The Morgan fingerprint density at radius 2 is 1.42 bits per heavy atom. The molecule has 5 heteroatoms. The van der Waals surface area contributed by atoms with Crippen LogP contribution >= 0.6 is 0 Å². The van der Waals surface area contributed by atoms with Crippen molar-refractivity contribution in [3.8, 4) is 29.1 Å². The van der Waals surface area contributed by atoms with Gasteiger partial charge in [0.25, 0.3) is 0 Å². The number of carbonyl (C=O) groups is 1. The van der Waals surface area contributed by atoms with Crippen molar-refractivity contribution in [1.29, 1.82) is 0 Å². The first-order valence-corrected chi connectivity index (χ1v) is 10.6. The van der Waals surface area contributed by atoms with Gasteiger partial charge in [-0.25, -0.2) is 0 Å². The van der Waals surface area contributed by atoms with Crippen molar-refractivity contribution in [2.24, 2.45) is 0 Å². The first-order valence-electron chi connectivity index (χ1n) is 10.6. The molecule has 0 saturated heterocycles. The van der Waals surface area contributed by atoms with Gasteiger partial charge in [-0.1, -0.05) is 72.5 Å². The van der Waals surface area contributed by atoms with E-state index in [1.165, 1.54) is 14.0 Å². The molecule has 0 spiro atoms. The van der Waals surface area contributed by atoms with Crippen molar-refractivity contribution in [3.63, 3.8) is 0 Å². The third-order valence-corrected chi connectivity index (χ3v) is 4.73. The van der Waals surface area contributed by atoms with Gasteiger partial charge >= 0.3 is 0 Å². The van der Waals surface area contributed by atoms with Gasteiger partial charge in [-0.3, -0.25) is 4.79 Å². The Balaban J connectivity index is 2.09. The monoisotopic (exact) mass is 444 g/mol. The molecule has 1 N–H and O–H groups in total. The predicted octanol–water partition coefficient (Wildman–Crippen LogP) is 5.18. The van der Waals surface area contributed by atoms with Gasteiger partial charge in [-0.2, -0.15) is 0 Å². The molecule has 0 radical (unpaired) electrons. The topological polar surface area (TPSA) is 65.0 Å². The number of hydrogen-bond donors (Lipinski definition) is 1. The molecule has 170 valence electrons. The average molecular weight is 445 g/mol. The lowest BCUT2D eigenvalue weighted by molar-refractivity contribution is 0.101. The lowest BCUT2D eigenvalue weighted by atomic mass is 10.0. The molecule has 3 rings (SSSR count). The van der Waals surface area contributed by atoms with Crippen LogP contribution in [0.5, 0.6) is 17.2 Å². The second kappa shape index (κ2) is 10.7. The molecule has 0 heterocycles. The zero-order valence-corrected chi connectivity index (χ0v) is 19.3. The molecule has 0 atom stereocenters. The molecule has 0 aliphatic carbocycles. The van der Waals surface area contributed by atoms with Gasteiger partial charge in [-0.15, -0.1) is 0 Å². The largest absolute Gasteiger partial charge is 0.494 e. The summed E-state index contributed by atoms with van der Waals surface area (Å²) in [4.78, 5) is 12.6. The highest BCUT2D eigenvalue weighted by atomic mass is 16.5. The number of hydrogen-bond acceptors (Lipinski definition) is 5. The Kier molecular flexibility index (Phi) is 7.76. The van der Waals surface area contributed by atoms with E-state index < -0.39 is 5.60 Å². The lowest BCUT2D eigenvalue weighted by Gasteiger charge is -2.19. The molecular formula is C28H28O5. The van der Waals surface area contributed by atoms with E-state index in [0.717, 1.165) is 11.1 Å². The summed E-state index contributed by atoms with van der Waals surface area (Å²) in [5, 5.41) is 10.1. The van der Waals surface area contributed by atoms with Crippen LogP contribution in [0.4, 0.5) is 0 Å². The maximum Gasteiger partial charge on any atom is 0.167 e. The maximum absolute atomic E-state index is 12.6. The highest BCUT2D eigenvalue weighted by molar-refractivity contribution is 6.01. The summed E-state index contributed by atoms with van der Waals surface area (Å²) in [6.07, 6.45) is 0. The Hall–Kier alpha value is -3.75. The summed E-state index contributed by atoms with van der Waals surface area (Å²) in [6.45, 7) is 5.18. The van der Waals surface area contributed by atoms with Gasteiger partial charge in [-0.05, 0) is 31.9 Å². The molecular weight excluding hydrogens is 416 g/mol. The molecule has 0 bridgehead atoms. The number of carbonyl (C=O) groups excluding carboxylic acids is 1. The fourth-order valence-corrected chi connectivity index (χ4v) is 3.18. The first-order chi connectivity index (χ1) is 15.8. The third-order valence-electron chi connectivity index (χ3n) is 4.73. The normalized spacial score (nSPS) is 10.7. The average Bonchev–Trinajstić information content (AvgIpc) is 2.80. The van der Waals surface area contributed by atoms with E-state index >= 15 is 0 Å². The van der Waals surface area contributed by atoms with Crippen LogP contribution in [0.15, 0.2) is 66.7 Å². The van der Waals surface area contributed by atoms with Gasteiger partial charge in [0, 0.05) is 6.07 Å². The van der Waals surface area contributed by atoms with Crippen molar-refractivity contribution < 1.29 is 24.1 Å². The van der Waals surface area contributed by atoms with E-state index in [0.29, 0.717) is 23.7 Å². The lowest BCUT2D eigenvalue weighted by Crippen LogP contribution is -2.15. The van der Waals surface area contributed by atoms with E-state index in [-0.39, 0.29) is 23.7 Å². The quantitative estimate of drug-likeness (QED) is 0.383. The van der Waals surface area contributed by atoms with Gasteiger partial charge in [0.1, 0.15) is 41.4 Å². The second-order valence-electron chi connectivity index (χ2n) is 8.07. The van der Waals surface area contributed by atoms with Crippen LogP contribution in [0.1, 0.15) is 47.8 Å². The highest BCUT2D eigenvalue weighted by Crippen LogP contribution is 2.40. The molecule has 0 aliphatic heterocycles. The number of methoxy groups -OCH3 is 1. The summed E-state index contributed by atoms with van der Waals surface area (Å²) in [6, 6.07) is 21.0. The summed E-state index contributed by atoms with van der Waals surface area (Å²) in [5.74, 6) is 6.52. The van der Waals surface area contributed by atoms with Crippen LogP contribution in [-0.4, -0.2) is 23.6 Å². The Labute approximate surface area is 194 Å². The van der Waals surface area contributed by atoms with Gasteiger partial charge in [0.2, 0.25) is 0 Å². The minimum atomic E-state index is -1.24. The Morgan fingerprint density at radius 1 is 0.909 bits per heavy atom. The van der Waals surface area contributed by atoms with Crippen molar-refractivity contribution in [3.05, 3.63) is 89.0 Å². The molecule has 33 heavy (non-hydrogen) atoms. The molecule has 0 unspecified atom stereocenters. The Bertz CT molecular complexity index is 1150. The fraction of sp³-hybridized carbons (Fsp3) is 0.250. The molecule has 0 aromatic heterocycles. The predicted molar refractivity (Wildman–Crippen MR) is 128 cm³/mol. The molecule has 0 fully saturated rings. The van der Waals surface area contributed by atoms with Crippen LogP contribution in [0.25, 0.3) is 0 Å². The maximum atomic E-state index is 12.6. The van der Waals surface area contributed by atoms with E-state index in [1.54, 1.807) is 19.9 Å². The molecule has 0 saturated carbocycles. The number of ether oxygens (including phenoxy) is 3. The van der Waals surface area contributed by atoms with Crippen molar-refractivity contribution in [2.45, 2.75) is 39.6 Å². The van der Waals surface area contributed by atoms with Crippen LogP contribution < -0.4 is 14.2 Å². The van der Waals surface area contributed by atoms with E-state index in [4.69, 9.17) is 14.2 Å². The van der Waals surface area contributed by atoms with Crippen molar-refractivity contribution in [1.82, 2.24) is 0 Å². The SMILES string of the molecule is COc1c(C#CC(C)(C)O)c(OCc2ccccc2)cc(OCc2ccccc2)c1C(C)=O. The first kappa shape index (κ1) is 23.9. The summed E-state index contributed by atoms with van der Waals surface area (Å²) < 4.78 is 17.8. The van der Waals surface area contributed by atoms with Gasteiger partial charge < -0.3 is 19.3 Å². The smallest absolute Gasteiger partial charge is 0.167 e. The molecule has 3 aromatic rings. The minimum absolute atomic E-state index is 0.226. The zero-order chi connectivity index (χ0) is 23.8. The second-order valence-corrected chi connectivity index (χ2v) is 8.07. The van der Waals surface area contributed by atoms with E-state index in [2.05, 4.69) is 11.8 Å². The van der Waals surface area contributed by atoms with Gasteiger partial charge in [0.15, 0.2) is 11.5 Å². The molecule has 0 aliphatic rings. The molecule has 3 aromatic carbocycles. The number of aliphatic hydroxyl groups is 1. The van der Waals surface area contributed by atoms with E-state index in [1.807, 2.05) is 60.7 Å². The van der Waals surface area contributed by atoms with E-state index in [9.17, 15) is 9.90 Å². The number of ketones is 1. The molecule has 0 amide bonds. The van der Waals surface area contributed by atoms with Crippen LogP contribution in [-0.2, 0) is 13.2 Å². The minimum Gasteiger partial charge on any atom is -0.494 e. The number of benzene rings is 3. The number of rotatable bonds is 8. The summed E-state index contributed by atoms with van der Waals surface area (Å²) >= 11 is 0. The Morgan fingerprint density at radius 3 is 1.88 bits per heavy atom. The van der Waals surface area contributed by atoms with Crippen LogP contribution in [0.2, 0.25) is 0 Å². The van der Waals surface area contributed by atoms with Crippen molar-refractivity contribution in [2.75, 3.05) is 7.11 Å². The third kappa shape index (κ3) is 6.61. The summed E-state index contributed by atoms with van der Waals surface area (Å²) in [7, 11) is 1.47. The summed E-state index contributed by atoms with van der Waals surface area (Å²) in [5.41, 5.74) is 1.36. The van der Waals surface area contributed by atoms with Crippen molar-refractivity contribution >= 4 is 5.78 Å².